The standard InChI is InChI=1S/C14H22O4/c1-13(2,3)9-7-11(15)17-18-12(16)8-10-14(4,5)6/h7-10H,1-6H3/b9-7+,10-8+. The molecule has 4 nitrogen and oxygen atoms in total. The molecule has 0 aliphatic heterocycles. The van der Waals surface area contributed by atoms with Crippen LogP contribution >= 0.6 is 0 Å². The van der Waals surface area contributed by atoms with E-state index in [-0.39, 0.29) is 10.8 Å². The molecule has 0 spiro atoms. The molecule has 0 heterocycles. The Morgan fingerprint density at radius 1 is 0.722 bits per heavy atom. The van der Waals surface area contributed by atoms with E-state index in [4.69, 9.17) is 0 Å². The highest BCUT2D eigenvalue weighted by atomic mass is 17.2. The van der Waals surface area contributed by atoms with Crippen LogP contribution < -0.4 is 0 Å². The maximum atomic E-state index is 11.2. The Morgan fingerprint density at radius 3 is 1.22 bits per heavy atom. The van der Waals surface area contributed by atoms with Gasteiger partial charge in [0.2, 0.25) is 0 Å². The predicted molar refractivity (Wildman–Crippen MR) is 69.4 cm³/mol. The highest BCUT2D eigenvalue weighted by Crippen LogP contribution is 2.15. The summed E-state index contributed by atoms with van der Waals surface area (Å²) in [6.07, 6.45) is 5.82. The second-order valence-electron chi connectivity index (χ2n) is 6.20. The van der Waals surface area contributed by atoms with Gasteiger partial charge in [-0.3, -0.25) is 0 Å². The Bertz CT molecular complexity index is 315. The minimum atomic E-state index is -0.706. The lowest BCUT2D eigenvalue weighted by atomic mass is 9.96. The lowest BCUT2D eigenvalue weighted by Gasteiger charge is -2.10. The lowest BCUT2D eigenvalue weighted by molar-refractivity contribution is -0.250. The van der Waals surface area contributed by atoms with Crippen molar-refractivity contribution in [2.24, 2.45) is 10.8 Å². The average molecular weight is 254 g/mol. The fraction of sp³-hybridized carbons (Fsp3) is 0.571. The highest BCUT2D eigenvalue weighted by molar-refractivity contribution is 5.85. The summed E-state index contributed by atoms with van der Waals surface area (Å²) in [5.74, 6) is -1.41. The van der Waals surface area contributed by atoms with E-state index in [1.54, 1.807) is 12.2 Å². The van der Waals surface area contributed by atoms with E-state index < -0.39 is 11.9 Å². The Balaban J connectivity index is 4.12. The van der Waals surface area contributed by atoms with E-state index in [0.29, 0.717) is 0 Å². The van der Waals surface area contributed by atoms with E-state index in [1.165, 1.54) is 12.2 Å². The summed E-state index contributed by atoms with van der Waals surface area (Å²) in [4.78, 5) is 31.0. The van der Waals surface area contributed by atoms with Crippen molar-refractivity contribution in [3.05, 3.63) is 24.3 Å². The third-order valence-corrected chi connectivity index (χ3v) is 1.64. The smallest absolute Gasteiger partial charge is 0.242 e. The van der Waals surface area contributed by atoms with E-state index in [0.717, 1.165) is 0 Å². The number of rotatable bonds is 2. The van der Waals surface area contributed by atoms with Gasteiger partial charge in [0.25, 0.3) is 0 Å². The minimum Gasteiger partial charge on any atom is -0.242 e. The van der Waals surface area contributed by atoms with Gasteiger partial charge in [-0.15, -0.1) is 0 Å². The van der Waals surface area contributed by atoms with Crippen LogP contribution in [0.4, 0.5) is 0 Å². The highest BCUT2D eigenvalue weighted by Gasteiger charge is 2.09. The van der Waals surface area contributed by atoms with Crippen molar-refractivity contribution in [2.45, 2.75) is 41.5 Å². The molecule has 0 unspecified atom stereocenters. The molecular weight excluding hydrogens is 232 g/mol. The topological polar surface area (TPSA) is 52.6 Å². The zero-order valence-corrected chi connectivity index (χ0v) is 11.9. The molecule has 0 amide bonds. The van der Waals surface area contributed by atoms with Crippen molar-refractivity contribution in [2.75, 3.05) is 0 Å². The van der Waals surface area contributed by atoms with Gasteiger partial charge in [0, 0.05) is 12.2 Å². The van der Waals surface area contributed by atoms with Gasteiger partial charge in [-0.2, -0.15) is 0 Å². The molecule has 0 radical (unpaired) electrons. The monoisotopic (exact) mass is 254 g/mol. The summed E-state index contributed by atoms with van der Waals surface area (Å²) in [6, 6.07) is 0. The molecule has 0 aliphatic carbocycles. The molecule has 0 rings (SSSR count). The number of allylic oxidation sites excluding steroid dienone is 2. The summed E-state index contributed by atoms with van der Waals surface area (Å²) in [5.41, 5.74) is -0.260. The molecule has 0 N–H and O–H groups in total. The van der Waals surface area contributed by atoms with Crippen LogP contribution in [0.25, 0.3) is 0 Å². The lowest BCUT2D eigenvalue weighted by Crippen LogP contribution is -2.09. The first-order chi connectivity index (χ1) is 7.99. The quantitative estimate of drug-likeness (QED) is 0.431. The molecule has 0 aromatic heterocycles. The van der Waals surface area contributed by atoms with Crippen molar-refractivity contribution in [1.82, 2.24) is 0 Å². The van der Waals surface area contributed by atoms with Gasteiger partial charge in [0.1, 0.15) is 0 Å². The molecule has 18 heavy (non-hydrogen) atoms. The number of carbonyl (C=O) groups excluding carboxylic acids is 2. The maximum absolute atomic E-state index is 11.2. The van der Waals surface area contributed by atoms with Gasteiger partial charge in [0.05, 0.1) is 0 Å². The van der Waals surface area contributed by atoms with Crippen LogP contribution in [-0.4, -0.2) is 11.9 Å². The zero-order chi connectivity index (χ0) is 14.4. The Kier molecular flexibility index (Phi) is 5.82. The van der Waals surface area contributed by atoms with Crippen LogP contribution in [0, 0.1) is 10.8 Å². The van der Waals surface area contributed by atoms with Crippen molar-refractivity contribution in [3.8, 4) is 0 Å². The first kappa shape index (κ1) is 16.4. The minimum absolute atomic E-state index is 0.130. The fourth-order valence-electron chi connectivity index (χ4n) is 0.774. The summed E-state index contributed by atoms with van der Waals surface area (Å²) in [5, 5.41) is 0. The molecule has 0 fully saturated rings. The van der Waals surface area contributed by atoms with E-state index in [1.807, 2.05) is 41.5 Å². The van der Waals surface area contributed by atoms with Crippen LogP contribution in [0.5, 0.6) is 0 Å². The Morgan fingerprint density at radius 2 is 1.00 bits per heavy atom. The SMILES string of the molecule is CC(C)(C)/C=C/C(=O)OOC(=O)/C=C/C(C)(C)C. The van der Waals surface area contributed by atoms with Crippen LogP contribution in [0.15, 0.2) is 24.3 Å². The summed E-state index contributed by atoms with van der Waals surface area (Å²) < 4.78 is 0. The third kappa shape index (κ3) is 10.9. The van der Waals surface area contributed by atoms with Gasteiger partial charge >= 0.3 is 11.9 Å². The molecule has 4 heteroatoms. The van der Waals surface area contributed by atoms with Gasteiger partial charge in [-0.05, 0) is 10.8 Å². The van der Waals surface area contributed by atoms with E-state index in [2.05, 4.69) is 9.78 Å². The molecule has 0 saturated heterocycles. The molecule has 0 aliphatic rings. The molecule has 0 bridgehead atoms. The van der Waals surface area contributed by atoms with Crippen LogP contribution in [0.2, 0.25) is 0 Å². The van der Waals surface area contributed by atoms with Crippen molar-refractivity contribution >= 4 is 11.9 Å². The summed E-state index contributed by atoms with van der Waals surface area (Å²) in [7, 11) is 0. The summed E-state index contributed by atoms with van der Waals surface area (Å²) in [6.45, 7) is 11.6. The maximum Gasteiger partial charge on any atom is 0.378 e. The number of hydrogen-bond acceptors (Lipinski definition) is 4. The number of carbonyl (C=O) groups is 2. The molecule has 0 aromatic rings. The molecule has 0 atom stereocenters. The second-order valence-corrected chi connectivity index (χ2v) is 6.20. The summed E-state index contributed by atoms with van der Waals surface area (Å²) >= 11 is 0. The molecular formula is C14H22O4. The average Bonchev–Trinajstić information content (AvgIpc) is 2.18. The largest absolute Gasteiger partial charge is 0.378 e. The van der Waals surface area contributed by atoms with Crippen molar-refractivity contribution in [1.29, 1.82) is 0 Å². The van der Waals surface area contributed by atoms with Gasteiger partial charge < -0.3 is 0 Å². The van der Waals surface area contributed by atoms with Crippen LogP contribution in [-0.2, 0) is 19.4 Å². The Hall–Kier alpha value is -1.58. The molecule has 0 aromatic carbocycles. The predicted octanol–water partition coefficient (Wildman–Crippen LogP) is 3.19. The van der Waals surface area contributed by atoms with Gasteiger partial charge in [-0.25, -0.2) is 19.4 Å². The van der Waals surface area contributed by atoms with Gasteiger partial charge in [0.15, 0.2) is 0 Å². The van der Waals surface area contributed by atoms with Crippen LogP contribution in [0.3, 0.4) is 0 Å². The normalized spacial score (nSPS) is 13.0. The van der Waals surface area contributed by atoms with Crippen LogP contribution in [0.1, 0.15) is 41.5 Å². The third-order valence-electron chi connectivity index (χ3n) is 1.64. The first-order valence-electron chi connectivity index (χ1n) is 5.80. The van der Waals surface area contributed by atoms with E-state index >= 15 is 0 Å². The van der Waals surface area contributed by atoms with Crippen molar-refractivity contribution < 1.29 is 19.4 Å². The Labute approximate surface area is 109 Å². The van der Waals surface area contributed by atoms with E-state index in [9.17, 15) is 9.59 Å². The van der Waals surface area contributed by atoms with Gasteiger partial charge in [-0.1, -0.05) is 53.7 Å². The zero-order valence-electron chi connectivity index (χ0n) is 11.9. The van der Waals surface area contributed by atoms with Crippen molar-refractivity contribution in [3.63, 3.8) is 0 Å². The molecule has 102 valence electrons. The first-order valence-corrected chi connectivity index (χ1v) is 5.80. The second kappa shape index (κ2) is 6.38. The number of hydrogen-bond donors (Lipinski definition) is 0. The fourth-order valence-corrected chi connectivity index (χ4v) is 0.774. The molecule has 0 saturated carbocycles.